The summed E-state index contributed by atoms with van der Waals surface area (Å²) >= 11 is 7.37. The van der Waals surface area contributed by atoms with Gasteiger partial charge in [-0.1, -0.05) is 17.7 Å². The molecular formula is C17H19ClN2O2S. The Hall–Kier alpha value is -1.69. The van der Waals surface area contributed by atoms with Crippen molar-refractivity contribution in [3.63, 3.8) is 0 Å². The number of aliphatic hydroxyl groups is 1. The number of aliphatic hydroxyl groups excluding tert-OH is 1. The number of benzene rings is 2. The van der Waals surface area contributed by atoms with Gasteiger partial charge in [0, 0.05) is 29.2 Å². The maximum Gasteiger partial charge on any atom is 0.256 e. The van der Waals surface area contributed by atoms with E-state index >= 15 is 0 Å². The fourth-order valence-electron chi connectivity index (χ4n) is 2.22. The van der Waals surface area contributed by atoms with Crippen molar-refractivity contribution >= 4 is 40.6 Å². The monoisotopic (exact) mass is 350 g/mol. The molecule has 2 N–H and O–H groups in total. The number of carbonyl (C=O) groups excluding carboxylic acids is 1. The first kappa shape index (κ1) is 17.7. The van der Waals surface area contributed by atoms with Crippen LogP contribution in [0.4, 0.5) is 11.4 Å². The third-order valence-electron chi connectivity index (χ3n) is 3.39. The average Bonchev–Trinajstić information content (AvgIpc) is 2.56. The van der Waals surface area contributed by atoms with E-state index in [1.54, 1.807) is 30.3 Å². The van der Waals surface area contributed by atoms with Gasteiger partial charge in [-0.2, -0.15) is 0 Å². The standard InChI is InChI=1S/C17H19ClN2O2S/c1-20(10-11-21)15-5-3-4-14(16(15)23-2)17(22)19-13-8-6-12(18)7-9-13/h3-9,21H,10-11H2,1-2H3,(H,19,22). The highest BCUT2D eigenvalue weighted by molar-refractivity contribution is 7.98. The van der Waals surface area contributed by atoms with Crippen molar-refractivity contribution in [2.75, 3.05) is 36.7 Å². The van der Waals surface area contributed by atoms with E-state index in [1.165, 1.54) is 11.8 Å². The predicted molar refractivity (Wildman–Crippen MR) is 98.0 cm³/mol. The van der Waals surface area contributed by atoms with Crippen LogP contribution in [0.25, 0.3) is 0 Å². The highest BCUT2D eigenvalue weighted by atomic mass is 35.5. The van der Waals surface area contributed by atoms with Gasteiger partial charge in [-0.25, -0.2) is 0 Å². The SMILES string of the molecule is CSc1c(C(=O)Nc2ccc(Cl)cc2)cccc1N(C)CCO. The summed E-state index contributed by atoms with van der Waals surface area (Å²) in [5.41, 5.74) is 2.23. The van der Waals surface area contributed by atoms with Crippen LogP contribution in [0.3, 0.4) is 0 Å². The van der Waals surface area contributed by atoms with E-state index in [4.69, 9.17) is 16.7 Å². The molecular weight excluding hydrogens is 332 g/mol. The maximum atomic E-state index is 12.6. The van der Waals surface area contributed by atoms with Crippen LogP contribution >= 0.6 is 23.4 Å². The van der Waals surface area contributed by atoms with Crippen molar-refractivity contribution in [3.05, 3.63) is 53.1 Å². The zero-order valence-corrected chi connectivity index (χ0v) is 14.6. The number of carbonyl (C=O) groups is 1. The number of halogens is 1. The Bertz CT molecular complexity index is 677. The van der Waals surface area contributed by atoms with Crippen LogP contribution in [-0.4, -0.2) is 37.5 Å². The number of nitrogens with zero attached hydrogens (tertiary/aromatic N) is 1. The van der Waals surface area contributed by atoms with E-state index in [0.717, 1.165) is 10.6 Å². The van der Waals surface area contributed by atoms with E-state index in [0.29, 0.717) is 22.8 Å². The Labute approximate surface area is 145 Å². The second-order valence-electron chi connectivity index (χ2n) is 4.96. The van der Waals surface area contributed by atoms with Gasteiger partial charge in [-0.05, 0) is 42.7 Å². The molecule has 0 saturated heterocycles. The number of rotatable bonds is 6. The number of anilines is 2. The summed E-state index contributed by atoms with van der Waals surface area (Å²) in [6.07, 6.45) is 1.94. The molecule has 6 heteroatoms. The van der Waals surface area contributed by atoms with Gasteiger partial charge in [0.05, 0.1) is 17.9 Å². The topological polar surface area (TPSA) is 52.6 Å². The van der Waals surface area contributed by atoms with Gasteiger partial charge in [0.15, 0.2) is 0 Å². The van der Waals surface area contributed by atoms with Gasteiger partial charge >= 0.3 is 0 Å². The van der Waals surface area contributed by atoms with Gasteiger partial charge in [-0.3, -0.25) is 4.79 Å². The lowest BCUT2D eigenvalue weighted by molar-refractivity contribution is 0.102. The minimum atomic E-state index is -0.170. The Kier molecular flexibility index (Phi) is 6.33. The first-order chi connectivity index (χ1) is 11.1. The van der Waals surface area contributed by atoms with E-state index in [1.807, 2.05) is 30.3 Å². The minimum absolute atomic E-state index is 0.0610. The number of nitrogens with one attached hydrogen (secondary N) is 1. The van der Waals surface area contributed by atoms with E-state index < -0.39 is 0 Å². The van der Waals surface area contributed by atoms with Crippen molar-refractivity contribution in [1.82, 2.24) is 0 Å². The first-order valence-electron chi connectivity index (χ1n) is 7.12. The molecule has 0 radical (unpaired) electrons. The number of likely N-dealkylation sites (N-methyl/N-ethyl adjacent to an activating group) is 1. The van der Waals surface area contributed by atoms with Crippen molar-refractivity contribution in [1.29, 1.82) is 0 Å². The Morgan fingerprint density at radius 1 is 1.26 bits per heavy atom. The molecule has 0 atom stereocenters. The molecule has 0 aromatic heterocycles. The predicted octanol–water partition coefficient (Wildman–Crippen LogP) is 3.74. The van der Waals surface area contributed by atoms with Crippen molar-refractivity contribution in [2.45, 2.75) is 4.90 Å². The molecule has 0 unspecified atom stereocenters. The van der Waals surface area contributed by atoms with Gasteiger partial charge in [0.2, 0.25) is 0 Å². The summed E-state index contributed by atoms with van der Waals surface area (Å²) in [4.78, 5) is 15.4. The lowest BCUT2D eigenvalue weighted by atomic mass is 10.1. The molecule has 0 aliphatic heterocycles. The van der Waals surface area contributed by atoms with Crippen molar-refractivity contribution in [3.8, 4) is 0 Å². The molecule has 23 heavy (non-hydrogen) atoms. The Morgan fingerprint density at radius 3 is 2.57 bits per heavy atom. The zero-order valence-electron chi connectivity index (χ0n) is 13.0. The summed E-state index contributed by atoms with van der Waals surface area (Å²) in [5.74, 6) is -0.170. The molecule has 122 valence electrons. The van der Waals surface area contributed by atoms with Gasteiger partial charge in [0.1, 0.15) is 0 Å². The van der Waals surface area contributed by atoms with E-state index in [-0.39, 0.29) is 12.5 Å². The molecule has 1 amide bonds. The van der Waals surface area contributed by atoms with E-state index in [2.05, 4.69) is 5.32 Å². The Morgan fingerprint density at radius 2 is 1.96 bits per heavy atom. The van der Waals surface area contributed by atoms with Gasteiger partial charge in [-0.15, -0.1) is 11.8 Å². The van der Waals surface area contributed by atoms with Crippen LogP contribution in [0.15, 0.2) is 47.4 Å². The molecule has 2 aromatic carbocycles. The second kappa shape index (κ2) is 8.24. The van der Waals surface area contributed by atoms with Gasteiger partial charge < -0.3 is 15.3 Å². The first-order valence-corrected chi connectivity index (χ1v) is 8.73. The lowest BCUT2D eigenvalue weighted by Crippen LogP contribution is -2.23. The van der Waals surface area contributed by atoms with Crippen molar-refractivity contribution in [2.24, 2.45) is 0 Å². The quantitative estimate of drug-likeness (QED) is 0.779. The van der Waals surface area contributed by atoms with Crippen LogP contribution in [0, 0.1) is 0 Å². The summed E-state index contributed by atoms with van der Waals surface area (Å²) < 4.78 is 0. The lowest BCUT2D eigenvalue weighted by Gasteiger charge is -2.22. The third kappa shape index (κ3) is 4.41. The highest BCUT2D eigenvalue weighted by Gasteiger charge is 2.16. The van der Waals surface area contributed by atoms with Crippen LogP contribution in [0.2, 0.25) is 5.02 Å². The second-order valence-corrected chi connectivity index (χ2v) is 6.22. The smallest absolute Gasteiger partial charge is 0.256 e. The van der Waals surface area contributed by atoms with Gasteiger partial charge in [0.25, 0.3) is 5.91 Å². The molecule has 0 bridgehead atoms. The minimum Gasteiger partial charge on any atom is -0.395 e. The van der Waals surface area contributed by atoms with E-state index in [9.17, 15) is 4.79 Å². The molecule has 2 aromatic rings. The molecule has 0 aliphatic rings. The van der Waals surface area contributed by atoms with Crippen molar-refractivity contribution < 1.29 is 9.90 Å². The summed E-state index contributed by atoms with van der Waals surface area (Å²) in [7, 11) is 1.89. The average molecular weight is 351 g/mol. The zero-order chi connectivity index (χ0) is 16.8. The molecule has 0 heterocycles. The molecule has 4 nitrogen and oxygen atoms in total. The summed E-state index contributed by atoms with van der Waals surface area (Å²) in [5, 5.41) is 12.6. The maximum absolute atomic E-state index is 12.6. The molecule has 0 aliphatic carbocycles. The highest BCUT2D eigenvalue weighted by Crippen LogP contribution is 2.32. The molecule has 0 fully saturated rings. The fourth-order valence-corrected chi connectivity index (χ4v) is 3.16. The normalized spacial score (nSPS) is 10.4. The molecule has 2 rings (SSSR count). The number of hydrogen-bond donors (Lipinski definition) is 2. The third-order valence-corrected chi connectivity index (χ3v) is 4.48. The summed E-state index contributed by atoms with van der Waals surface area (Å²) in [6, 6.07) is 12.6. The van der Waals surface area contributed by atoms with Crippen LogP contribution in [0.5, 0.6) is 0 Å². The number of amides is 1. The number of hydrogen-bond acceptors (Lipinski definition) is 4. The largest absolute Gasteiger partial charge is 0.395 e. The van der Waals surface area contributed by atoms with Crippen LogP contribution in [-0.2, 0) is 0 Å². The number of thioether (sulfide) groups is 1. The fraction of sp³-hybridized carbons (Fsp3) is 0.235. The molecule has 0 saturated carbocycles. The van der Waals surface area contributed by atoms with Crippen LogP contribution in [0.1, 0.15) is 10.4 Å². The molecule has 0 spiro atoms. The summed E-state index contributed by atoms with van der Waals surface area (Å²) in [6.45, 7) is 0.571. The Balaban J connectivity index is 2.29. The van der Waals surface area contributed by atoms with Crippen LogP contribution < -0.4 is 10.2 Å².